The van der Waals surface area contributed by atoms with Gasteiger partial charge >= 0.3 is 0 Å². The lowest BCUT2D eigenvalue weighted by Crippen LogP contribution is -2.42. The van der Waals surface area contributed by atoms with Crippen LogP contribution in [0.25, 0.3) is 0 Å². The standard InChI is InChI=1S/C16H27NOS/c1-13-6-4-8-16(10-13,12-18)11-17(3)14(2)15-7-5-9-19-15/h5,7,9,13-14,18H,4,6,8,10-12H2,1-3H3. The average Bonchev–Trinajstić information content (AvgIpc) is 2.91. The minimum atomic E-state index is 0.123. The second-order valence-electron chi connectivity index (χ2n) is 6.47. The molecule has 0 amide bonds. The van der Waals surface area contributed by atoms with Crippen LogP contribution in [0.3, 0.4) is 0 Å². The zero-order valence-electron chi connectivity index (χ0n) is 12.4. The molecular formula is C16H27NOS. The Morgan fingerprint density at radius 3 is 2.95 bits per heavy atom. The summed E-state index contributed by atoms with van der Waals surface area (Å²) < 4.78 is 0. The molecule has 1 N–H and O–H groups in total. The van der Waals surface area contributed by atoms with Gasteiger partial charge in [0.05, 0.1) is 0 Å². The van der Waals surface area contributed by atoms with Gasteiger partial charge in [0.15, 0.2) is 0 Å². The van der Waals surface area contributed by atoms with E-state index in [1.807, 2.05) is 11.3 Å². The van der Waals surface area contributed by atoms with Crippen molar-refractivity contribution in [2.45, 2.75) is 45.6 Å². The van der Waals surface area contributed by atoms with E-state index < -0.39 is 0 Å². The Labute approximate surface area is 121 Å². The highest BCUT2D eigenvalue weighted by Crippen LogP contribution is 2.40. The number of hydrogen-bond donors (Lipinski definition) is 1. The molecule has 1 aliphatic carbocycles. The summed E-state index contributed by atoms with van der Waals surface area (Å²) >= 11 is 1.82. The first-order valence-corrected chi connectivity index (χ1v) is 8.29. The molecule has 0 bridgehead atoms. The predicted molar refractivity (Wildman–Crippen MR) is 82.5 cm³/mol. The number of thiophene rings is 1. The number of aliphatic hydroxyl groups excluding tert-OH is 1. The quantitative estimate of drug-likeness (QED) is 0.884. The molecule has 1 aromatic heterocycles. The zero-order chi connectivity index (χ0) is 13.9. The van der Waals surface area contributed by atoms with Gasteiger partial charge in [-0.1, -0.05) is 25.8 Å². The van der Waals surface area contributed by atoms with Crippen LogP contribution in [0, 0.1) is 11.3 Å². The molecule has 3 atom stereocenters. The van der Waals surface area contributed by atoms with Crippen LogP contribution in [0.4, 0.5) is 0 Å². The average molecular weight is 281 g/mol. The second-order valence-corrected chi connectivity index (χ2v) is 7.45. The molecule has 1 aromatic rings. The first-order valence-electron chi connectivity index (χ1n) is 7.41. The van der Waals surface area contributed by atoms with Gasteiger partial charge in [-0.25, -0.2) is 0 Å². The summed E-state index contributed by atoms with van der Waals surface area (Å²) in [5.74, 6) is 0.756. The van der Waals surface area contributed by atoms with E-state index in [9.17, 15) is 5.11 Å². The van der Waals surface area contributed by atoms with E-state index in [-0.39, 0.29) is 5.41 Å². The van der Waals surface area contributed by atoms with Crippen LogP contribution in [0.15, 0.2) is 17.5 Å². The van der Waals surface area contributed by atoms with E-state index in [1.165, 1.54) is 30.6 Å². The number of hydrogen-bond acceptors (Lipinski definition) is 3. The Hall–Kier alpha value is -0.380. The zero-order valence-corrected chi connectivity index (χ0v) is 13.2. The molecule has 2 nitrogen and oxygen atoms in total. The van der Waals surface area contributed by atoms with Crippen molar-refractivity contribution in [3.05, 3.63) is 22.4 Å². The molecule has 0 aliphatic heterocycles. The van der Waals surface area contributed by atoms with Gasteiger partial charge in [0.1, 0.15) is 0 Å². The van der Waals surface area contributed by atoms with Crippen molar-refractivity contribution in [2.24, 2.45) is 11.3 Å². The van der Waals surface area contributed by atoms with Gasteiger partial charge in [0.2, 0.25) is 0 Å². The summed E-state index contributed by atoms with van der Waals surface area (Å²) in [7, 11) is 2.20. The fourth-order valence-electron chi connectivity index (χ4n) is 3.52. The normalized spacial score (nSPS) is 29.6. The fraction of sp³-hybridized carbons (Fsp3) is 0.750. The van der Waals surface area contributed by atoms with Crippen LogP contribution in [-0.4, -0.2) is 30.2 Å². The van der Waals surface area contributed by atoms with Crippen LogP contribution >= 0.6 is 11.3 Å². The van der Waals surface area contributed by atoms with Crippen LogP contribution in [0.2, 0.25) is 0 Å². The monoisotopic (exact) mass is 281 g/mol. The van der Waals surface area contributed by atoms with E-state index in [0.717, 1.165) is 12.5 Å². The molecule has 108 valence electrons. The Morgan fingerprint density at radius 2 is 2.37 bits per heavy atom. The lowest BCUT2D eigenvalue weighted by Gasteiger charge is -2.42. The van der Waals surface area contributed by atoms with Crippen LogP contribution in [0.5, 0.6) is 0 Å². The van der Waals surface area contributed by atoms with E-state index in [0.29, 0.717) is 12.6 Å². The molecule has 1 fully saturated rings. The Balaban J connectivity index is 2.01. The fourth-order valence-corrected chi connectivity index (χ4v) is 4.37. The van der Waals surface area contributed by atoms with Crippen LogP contribution < -0.4 is 0 Å². The first-order chi connectivity index (χ1) is 9.06. The lowest BCUT2D eigenvalue weighted by atomic mass is 9.70. The van der Waals surface area contributed by atoms with Crippen molar-refractivity contribution in [2.75, 3.05) is 20.2 Å². The molecule has 1 saturated carbocycles. The van der Waals surface area contributed by atoms with E-state index in [1.54, 1.807) is 0 Å². The van der Waals surface area contributed by atoms with Crippen molar-refractivity contribution in [3.63, 3.8) is 0 Å². The number of rotatable bonds is 5. The van der Waals surface area contributed by atoms with Crippen LogP contribution in [-0.2, 0) is 0 Å². The Kier molecular flexibility index (Phi) is 5.04. The third-order valence-corrected chi connectivity index (χ3v) is 5.76. The minimum absolute atomic E-state index is 0.123. The highest BCUT2D eigenvalue weighted by molar-refractivity contribution is 7.10. The molecule has 3 unspecified atom stereocenters. The van der Waals surface area contributed by atoms with Gasteiger partial charge in [0, 0.05) is 29.5 Å². The largest absolute Gasteiger partial charge is 0.396 e. The maximum Gasteiger partial charge on any atom is 0.0499 e. The smallest absolute Gasteiger partial charge is 0.0499 e. The molecule has 1 aliphatic rings. The maximum atomic E-state index is 9.90. The molecule has 1 heterocycles. The molecule has 2 rings (SSSR count). The van der Waals surface area contributed by atoms with Gasteiger partial charge < -0.3 is 5.11 Å². The van der Waals surface area contributed by atoms with E-state index >= 15 is 0 Å². The van der Waals surface area contributed by atoms with Gasteiger partial charge in [-0.3, -0.25) is 4.90 Å². The molecule has 0 radical (unpaired) electrons. The van der Waals surface area contributed by atoms with Crippen molar-refractivity contribution >= 4 is 11.3 Å². The molecule has 0 spiro atoms. The molecular weight excluding hydrogens is 254 g/mol. The highest BCUT2D eigenvalue weighted by Gasteiger charge is 2.36. The van der Waals surface area contributed by atoms with Crippen molar-refractivity contribution in [3.8, 4) is 0 Å². The molecule has 0 saturated heterocycles. The molecule has 3 heteroatoms. The summed E-state index contributed by atoms with van der Waals surface area (Å²) in [5, 5.41) is 12.0. The third-order valence-electron chi connectivity index (χ3n) is 4.72. The Bertz CT molecular complexity index is 378. The van der Waals surface area contributed by atoms with Crippen molar-refractivity contribution in [1.82, 2.24) is 4.90 Å². The minimum Gasteiger partial charge on any atom is -0.396 e. The first kappa shape index (κ1) is 15.0. The van der Waals surface area contributed by atoms with E-state index in [2.05, 4.69) is 43.3 Å². The predicted octanol–water partition coefficient (Wildman–Crippen LogP) is 3.93. The number of aliphatic hydroxyl groups is 1. The summed E-state index contributed by atoms with van der Waals surface area (Å²) in [6.07, 6.45) is 4.94. The van der Waals surface area contributed by atoms with Gasteiger partial charge in [-0.2, -0.15) is 0 Å². The Morgan fingerprint density at radius 1 is 1.58 bits per heavy atom. The molecule has 0 aromatic carbocycles. The van der Waals surface area contributed by atoms with Gasteiger partial charge in [-0.15, -0.1) is 11.3 Å². The van der Waals surface area contributed by atoms with E-state index in [4.69, 9.17) is 0 Å². The van der Waals surface area contributed by atoms with Crippen LogP contribution in [0.1, 0.15) is 50.4 Å². The SMILES string of the molecule is CC1CCCC(CO)(CN(C)C(C)c2cccs2)C1. The van der Waals surface area contributed by atoms with Crippen molar-refractivity contribution in [1.29, 1.82) is 0 Å². The highest BCUT2D eigenvalue weighted by atomic mass is 32.1. The van der Waals surface area contributed by atoms with Crippen molar-refractivity contribution < 1.29 is 5.11 Å². The second kappa shape index (κ2) is 6.38. The summed E-state index contributed by atoms with van der Waals surface area (Å²) in [5.41, 5.74) is 0.123. The summed E-state index contributed by atoms with van der Waals surface area (Å²) in [6, 6.07) is 4.77. The van der Waals surface area contributed by atoms with Gasteiger partial charge in [0.25, 0.3) is 0 Å². The molecule has 19 heavy (non-hydrogen) atoms. The number of nitrogens with zero attached hydrogens (tertiary/aromatic N) is 1. The lowest BCUT2D eigenvalue weighted by molar-refractivity contribution is 0.0218. The summed E-state index contributed by atoms with van der Waals surface area (Å²) in [4.78, 5) is 3.83. The summed E-state index contributed by atoms with van der Waals surface area (Å²) in [6.45, 7) is 5.93. The topological polar surface area (TPSA) is 23.5 Å². The van der Waals surface area contributed by atoms with Gasteiger partial charge in [-0.05, 0) is 44.2 Å². The third kappa shape index (κ3) is 3.59. The maximum absolute atomic E-state index is 9.90.